The summed E-state index contributed by atoms with van der Waals surface area (Å²) in [6.45, 7) is 2.72. The smallest absolute Gasteiger partial charge is 0.323 e. The van der Waals surface area contributed by atoms with E-state index in [-0.39, 0.29) is 0 Å². The van der Waals surface area contributed by atoms with Crippen LogP contribution < -0.4 is 5.32 Å². The van der Waals surface area contributed by atoms with E-state index in [2.05, 4.69) is 5.32 Å². The van der Waals surface area contributed by atoms with Gasteiger partial charge in [0.15, 0.2) is 0 Å². The Morgan fingerprint density at radius 1 is 1.24 bits per heavy atom. The summed E-state index contributed by atoms with van der Waals surface area (Å²) in [5, 5.41) is 12.6. The van der Waals surface area contributed by atoms with Gasteiger partial charge in [-0.3, -0.25) is 4.79 Å². The van der Waals surface area contributed by atoms with Gasteiger partial charge in [0.05, 0.1) is 0 Å². The highest BCUT2D eigenvalue weighted by atomic mass is 16.4. The molecule has 0 heterocycles. The number of carboxylic acid groups (broad SMARTS) is 1. The third-order valence-corrected chi connectivity index (χ3v) is 4.61. The second-order valence-corrected chi connectivity index (χ2v) is 6.00. The molecule has 2 saturated carbocycles. The van der Waals surface area contributed by atoms with Gasteiger partial charge in [-0.15, -0.1) is 0 Å². The van der Waals surface area contributed by atoms with Crippen LogP contribution in [0.4, 0.5) is 0 Å². The van der Waals surface area contributed by atoms with Crippen LogP contribution in [0.25, 0.3) is 0 Å². The van der Waals surface area contributed by atoms with Crippen LogP contribution in [0.3, 0.4) is 0 Å². The van der Waals surface area contributed by atoms with Crippen molar-refractivity contribution >= 4 is 5.97 Å². The number of aliphatic carboxylic acids is 1. The van der Waals surface area contributed by atoms with Crippen LogP contribution in [0.2, 0.25) is 0 Å². The molecule has 98 valence electrons. The molecule has 0 amide bonds. The molecule has 1 atom stereocenters. The molecule has 0 aromatic heterocycles. The summed E-state index contributed by atoms with van der Waals surface area (Å²) >= 11 is 0. The molecule has 0 bridgehead atoms. The summed E-state index contributed by atoms with van der Waals surface area (Å²) in [5.74, 6) is 0.503. The van der Waals surface area contributed by atoms with Gasteiger partial charge in [-0.05, 0) is 44.6 Å². The minimum atomic E-state index is -0.677. The molecule has 17 heavy (non-hydrogen) atoms. The van der Waals surface area contributed by atoms with Gasteiger partial charge in [0, 0.05) is 0 Å². The third kappa shape index (κ3) is 3.21. The monoisotopic (exact) mass is 239 g/mol. The lowest BCUT2D eigenvalue weighted by Crippen LogP contribution is -2.52. The van der Waals surface area contributed by atoms with E-state index in [1.807, 2.05) is 6.92 Å². The lowest BCUT2D eigenvalue weighted by molar-refractivity contribution is -0.145. The molecule has 2 fully saturated rings. The number of rotatable bonds is 6. The molecule has 0 aromatic carbocycles. The molecule has 0 saturated heterocycles. The molecule has 3 nitrogen and oxygen atoms in total. The topological polar surface area (TPSA) is 49.3 Å². The normalized spacial score (nSPS) is 25.5. The van der Waals surface area contributed by atoms with Crippen molar-refractivity contribution in [1.82, 2.24) is 5.32 Å². The second-order valence-electron chi connectivity index (χ2n) is 6.00. The van der Waals surface area contributed by atoms with Crippen molar-refractivity contribution in [3.05, 3.63) is 0 Å². The molecule has 2 rings (SSSR count). The number of carbonyl (C=O) groups is 1. The molecule has 0 aromatic rings. The fourth-order valence-corrected chi connectivity index (χ4v) is 3.07. The number of nitrogens with one attached hydrogen (secondary N) is 1. The highest BCUT2D eigenvalue weighted by Crippen LogP contribution is 2.39. The molecule has 3 heteroatoms. The molecule has 2 aliphatic carbocycles. The SMILES string of the molecule is CC(NCCC1CCCCC1)(C(=O)O)C1CC1. The van der Waals surface area contributed by atoms with Crippen molar-refractivity contribution in [2.45, 2.75) is 63.8 Å². The fraction of sp³-hybridized carbons (Fsp3) is 0.929. The van der Waals surface area contributed by atoms with Gasteiger partial charge in [-0.1, -0.05) is 32.1 Å². The van der Waals surface area contributed by atoms with Crippen LogP contribution in [-0.4, -0.2) is 23.2 Å². The largest absolute Gasteiger partial charge is 0.480 e. The zero-order valence-corrected chi connectivity index (χ0v) is 10.9. The van der Waals surface area contributed by atoms with E-state index in [1.54, 1.807) is 0 Å². The van der Waals surface area contributed by atoms with E-state index in [4.69, 9.17) is 0 Å². The van der Waals surface area contributed by atoms with E-state index in [9.17, 15) is 9.90 Å². The Balaban J connectivity index is 1.73. The van der Waals surface area contributed by atoms with Crippen molar-refractivity contribution in [3.63, 3.8) is 0 Å². The molecule has 0 radical (unpaired) electrons. The summed E-state index contributed by atoms with van der Waals surface area (Å²) < 4.78 is 0. The molecule has 0 spiro atoms. The first-order chi connectivity index (χ1) is 8.13. The predicted molar refractivity (Wildman–Crippen MR) is 68.0 cm³/mol. The Morgan fingerprint density at radius 2 is 1.88 bits per heavy atom. The maximum absolute atomic E-state index is 11.3. The van der Waals surface area contributed by atoms with Gasteiger partial charge >= 0.3 is 5.97 Å². The zero-order valence-electron chi connectivity index (χ0n) is 10.9. The van der Waals surface area contributed by atoms with Gasteiger partial charge in [0.2, 0.25) is 0 Å². The van der Waals surface area contributed by atoms with Crippen LogP contribution in [0.1, 0.15) is 58.3 Å². The summed E-state index contributed by atoms with van der Waals surface area (Å²) in [6.07, 6.45) is 10.1. The molecule has 1 unspecified atom stereocenters. The quantitative estimate of drug-likeness (QED) is 0.749. The highest BCUT2D eigenvalue weighted by Gasteiger charge is 2.46. The number of hydrogen-bond acceptors (Lipinski definition) is 2. The van der Waals surface area contributed by atoms with Crippen molar-refractivity contribution in [2.75, 3.05) is 6.54 Å². The molecule has 2 N–H and O–H groups in total. The van der Waals surface area contributed by atoms with Crippen LogP contribution in [0, 0.1) is 11.8 Å². The summed E-state index contributed by atoms with van der Waals surface area (Å²) in [6, 6.07) is 0. The first kappa shape index (κ1) is 12.9. The second kappa shape index (κ2) is 5.38. The van der Waals surface area contributed by atoms with Gasteiger partial charge < -0.3 is 10.4 Å². The van der Waals surface area contributed by atoms with Crippen LogP contribution in [-0.2, 0) is 4.79 Å². The molecular formula is C14H25NO2. The van der Waals surface area contributed by atoms with E-state index in [0.29, 0.717) is 5.92 Å². The van der Waals surface area contributed by atoms with Crippen LogP contribution in [0.5, 0.6) is 0 Å². The first-order valence-corrected chi connectivity index (χ1v) is 7.11. The predicted octanol–water partition coefficient (Wildman–Crippen LogP) is 2.80. The Hall–Kier alpha value is -0.570. The molecule has 0 aliphatic heterocycles. The van der Waals surface area contributed by atoms with Crippen LogP contribution in [0.15, 0.2) is 0 Å². The molecule has 2 aliphatic rings. The fourth-order valence-electron chi connectivity index (χ4n) is 3.07. The standard InChI is InChI=1S/C14H25NO2/c1-14(13(16)17,12-7-8-12)15-10-9-11-5-3-2-4-6-11/h11-12,15H,2-10H2,1H3,(H,16,17). The lowest BCUT2D eigenvalue weighted by Gasteiger charge is -2.28. The Morgan fingerprint density at radius 3 is 2.41 bits per heavy atom. The average Bonchev–Trinajstić information content (AvgIpc) is 3.14. The van der Waals surface area contributed by atoms with E-state index < -0.39 is 11.5 Å². The van der Waals surface area contributed by atoms with Crippen molar-refractivity contribution in [3.8, 4) is 0 Å². The van der Waals surface area contributed by atoms with Crippen molar-refractivity contribution in [2.24, 2.45) is 11.8 Å². The van der Waals surface area contributed by atoms with Gasteiger partial charge in [0.1, 0.15) is 5.54 Å². The van der Waals surface area contributed by atoms with Crippen LogP contribution >= 0.6 is 0 Å². The van der Waals surface area contributed by atoms with Crippen molar-refractivity contribution < 1.29 is 9.90 Å². The Kier molecular flexibility index (Phi) is 4.08. The maximum atomic E-state index is 11.3. The maximum Gasteiger partial charge on any atom is 0.323 e. The summed E-state index contributed by atoms with van der Waals surface area (Å²) in [5.41, 5.74) is -0.672. The van der Waals surface area contributed by atoms with Gasteiger partial charge in [-0.25, -0.2) is 0 Å². The number of carboxylic acids is 1. The van der Waals surface area contributed by atoms with E-state index >= 15 is 0 Å². The van der Waals surface area contributed by atoms with Gasteiger partial charge in [0.25, 0.3) is 0 Å². The highest BCUT2D eigenvalue weighted by molar-refractivity contribution is 5.79. The number of hydrogen-bond donors (Lipinski definition) is 2. The first-order valence-electron chi connectivity index (χ1n) is 7.11. The minimum Gasteiger partial charge on any atom is -0.480 e. The zero-order chi connectivity index (χ0) is 12.3. The Bertz CT molecular complexity index is 269. The van der Waals surface area contributed by atoms with Gasteiger partial charge in [-0.2, -0.15) is 0 Å². The van der Waals surface area contributed by atoms with E-state index in [1.165, 1.54) is 32.1 Å². The minimum absolute atomic E-state index is 0.353. The summed E-state index contributed by atoms with van der Waals surface area (Å²) in [4.78, 5) is 11.3. The third-order valence-electron chi connectivity index (χ3n) is 4.61. The van der Waals surface area contributed by atoms with Crippen molar-refractivity contribution in [1.29, 1.82) is 0 Å². The lowest BCUT2D eigenvalue weighted by atomic mass is 9.86. The average molecular weight is 239 g/mol. The molecular weight excluding hydrogens is 214 g/mol. The summed E-state index contributed by atoms with van der Waals surface area (Å²) in [7, 11) is 0. The Labute approximate surface area is 104 Å². The van der Waals surface area contributed by atoms with E-state index in [0.717, 1.165) is 31.7 Å².